The molecule has 0 aliphatic heterocycles. The zero-order chi connectivity index (χ0) is 14.5. The second kappa shape index (κ2) is 7.25. The molecule has 5 heteroatoms. The minimum absolute atomic E-state index is 0.536. The molecule has 2 N–H and O–H groups in total. The summed E-state index contributed by atoms with van der Waals surface area (Å²) in [4.78, 5) is 0. The molecule has 0 saturated heterocycles. The molecule has 0 amide bonds. The summed E-state index contributed by atoms with van der Waals surface area (Å²) in [6, 6.07) is 3.11. The number of hydrogen-bond donors (Lipinski definition) is 2. The molecule has 2 aliphatic rings. The van der Waals surface area contributed by atoms with Crippen LogP contribution in [0.25, 0.3) is 0 Å². The van der Waals surface area contributed by atoms with Gasteiger partial charge in [0.1, 0.15) is 5.82 Å². The molecule has 0 aromatic carbocycles. The minimum atomic E-state index is 0.536. The van der Waals surface area contributed by atoms with Gasteiger partial charge in [-0.2, -0.15) is 5.10 Å². The Bertz CT molecular complexity index is 459. The monoisotopic (exact) mass is 306 g/mol. The van der Waals surface area contributed by atoms with Crippen molar-refractivity contribution in [2.24, 2.45) is 0 Å². The van der Waals surface area contributed by atoms with Crippen LogP contribution in [0.4, 0.5) is 5.82 Å². The van der Waals surface area contributed by atoms with E-state index in [1.165, 1.54) is 64.2 Å². The SMILES string of the molecule is S=C(Nc1ccnn1C1CCCCC1)NC1CCCCC1. The molecule has 2 aliphatic carbocycles. The Labute approximate surface area is 132 Å². The fourth-order valence-corrected chi connectivity index (χ4v) is 3.89. The van der Waals surface area contributed by atoms with Crippen molar-refractivity contribution in [1.82, 2.24) is 15.1 Å². The second-order valence-electron chi connectivity index (χ2n) is 6.39. The van der Waals surface area contributed by atoms with Gasteiger partial charge in [-0.1, -0.05) is 38.5 Å². The van der Waals surface area contributed by atoms with E-state index < -0.39 is 0 Å². The van der Waals surface area contributed by atoms with Crippen LogP contribution in [0.3, 0.4) is 0 Å². The number of nitrogens with one attached hydrogen (secondary N) is 2. The lowest BCUT2D eigenvalue weighted by atomic mass is 9.95. The van der Waals surface area contributed by atoms with Gasteiger partial charge >= 0.3 is 0 Å². The molecule has 116 valence electrons. The van der Waals surface area contributed by atoms with E-state index in [2.05, 4.69) is 20.4 Å². The van der Waals surface area contributed by atoms with Crippen molar-refractivity contribution in [3.8, 4) is 0 Å². The highest BCUT2D eigenvalue weighted by atomic mass is 32.1. The van der Waals surface area contributed by atoms with E-state index in [0.717, 1.165) is 10.9 Å². The molecule has 0 spiro atoms. The summed E-state index contributed by atoms with van der Waals surface area (Å²) < 4.78 is 2.13. The van der Waals surface area contributed by atoms with Crippen molar-refractivity contribution in [1.29, 1.82) is 0 Å². The molecule has 0 radical (unpaired) electrons. The lowest BCUT2D eigenvalue weighted by Gasteiger charge is -2.26. The molecular weight excluding hydrogens is 280 g/mol. The van der Waals surface area contributed by atoms with E-state index in [9.17, 15) is 0 Å². The summed E-state index contributed by atoms with van der Waals surface area (Å²) in [6.45, 7) is 0. The number of rotatable bonds is 3. The van der Waals surface area contributed by atoms with Gasteiger partial charge < -0.3 is 10.6 Å². The average molecular weight is 306 g/mol. The normalized spacial score (nSPS) is 21.1. The van der Waals surface area contributed by atoms with E-state index in [0.29, 0.717) is 12.1 Å². The topological polar surface area (TPSA) is 41.9 Å². The van der Waals surface area contributed by atoms with Gasteiger partial charge in [-0.25, -0.2) is 4.68 Å². The fourth-order valence-electron chi connectivity index (χ4n) is 3.61. The van der Waals surface area contributed by atoms with Crippen LogP contribution in [0.15, 0.2) is 12.3 Å². The molecular formula is C16H26N4S. The van der Waals surface area contributed by atoms with Crippen LogP contribution in [0.1, 0.15) is 70.3 Å². The molecule has 3 rings (SSSR count). The van der Waals surface area contributed by atoms with Crippen molar-refractivity contribution >= 4 is 23.1 Å². The molecule has 2 fully saturated rings. The Morgan fingerprint density at radius 1 is 1.05 bits per heavy atom. The van der Waals surface area contributed by atoms with Crippen molar-refractivity contribution < 1.29 is 0 Å². The molecule has 4 nitrogen and oxygen atoms in total. The van der Waals surface area contributed by atoms with Crippen molar-refractivity contribution in [2.75, 3.05) is 5.32 Å². The van der Waals surface area contributed by atoms with Gasteiger partial charge in [-0.05, 0) is 37.9 Å². The predicted octanol–water partition coefficient (Wildman–Crippen LogP) is 4.01. The van der Waals surface area contributed by atoms with Crippen LogP contribution in [-0.4, -0.2) is 20.9 Å². The number of anilines is 1. The molecule has 21 heavy (non-hydrogen) atoms. The van der Waals surface area contributed by atoms with Gasteiger partial charge in [0.15, 0.2) is 5.11 Å². The molecule has 2 saturated carbocycles. The van der Waals surface area contributed by atoms with Crippen LogP contribution >= 0.6 is 12.2 Å². The third-order valence-electron chi connectivity index (χ3n) is 4.77. The number of aromatic nitrogens is 2. The first-order valence-corrected chi connectivity index (χ1v) is 8.85. The number of nitrogens with zero attached hydrogens (tertiary/aromatic N) is 2. The van der Waals surface area contributed by atoms with Crippen LogP contribution in [0, 0.1) is 0 Å². The summed E-state index contributed by atoms with van der Waals surface area (Å²) >= 11 is 5.48. The number of thiocarbonyl (C=S) groups is 1. The van der Waals surface area contributed by atoms with Gasteiger partial charge in [0, 0.05) is 12.1 Å². The predicted molar refractivity (Wildman–Crippen MR) is 90.6 cm³/mol. The number of hydrogen-bond acceptors (Lipinski definition) is 2. The maximum absolute atomic E-state index is 5.48. The highest BCUT2D eigenvalue weighted by molar-refractivity contribution is 7.80. The van der Waals surface area contributed by atoms with E-state index in [4.69, 9.17) is 12.2 Å². The van der Waals surface area contributed by atoms with Gasteiger partial charge in [0.2, 0.25) is 0 Å². The molecule has 0 atom stereocenters. The summed E-state index contributed by atoms with van der Waals surface area (Å²) in [6.07, 6.45) is 14.8. The maximum Gasteiger partial charge on any atom is 0.172 e. The third kappa shape index (κ3) is 3.96. The molecule has 1 aromatic heterocycles. The average Bonchev–Trinajstić information content (AvgIpc) is 2.97. The van der Waals surface area contributed by atoms with Gasteiger partial charge in [-0.3, -0.25) is 0 Å². The van der Waals surface area contributed by atoms with E-state index >= 15 is 0 Å². The highest BCUT2D eigenvalue weighted by Crippen LogP contribution is 2.29. The van der Waals surface area contributed by atoms with E-state index in [1.54, 1.807) is 0 Å². The first-order valence-electron chi connectivity index (χ1n) is 8.44. The fraction of sp³-hybridized carbons (Fsp3) is 0.750. The summed E-state index contributed by atoms with van der Waals surface area (Å²) in [5, 5.41) is 12.1. The quantitative estimate of drug-likeness (QED) is 0.828. The van der Waals surface area contributed by atoms with E-state index in [-0.39, 0.29) is 0 Å². The van der Waals surface area contributed by atoms with Crippen molar-refractivity contribution in [3.05, 3.63) is 12.3 Å². The largest absolute Gasteiger partial charge is 0.360 e. The van der Waals surface area contributed by atoms with Gasteiger partial charge in [0.25, 0.3) is 0 Å². The van der Waals surface area contributed by atoms with E-state index in [1.807, 2.05) is 12.3 Å². The van der Waals surface area contributed by atoms with Gasteiger partial charge in [-0.15, -0.1) is 0 Å². The lowest BCUT2D eigenvalue weighted by Crippen LogP contribution is -2.39. The Balaban J connectivity index is 1.56. The minimum Gasteiger partial charge on any atom is -0.360 e. The van der Waals surface area contributed by atoms with Crippen LogP contribution in [0.2, 0.25) is 0 Å². The first kappa shape index (κ1) is 14.8. The zero-order valence-electron chi connectivity index (χ0n) is 12.7. The third-order valence-corrected chi connectivity index (χ3v) is 4.99. The van der Waals surface area contributed by atoms with Crippen LogP contribution in [-0.2, 0) is 0 Å². The lowest BCUT2D eigenvalue weighted by molar-refractivity contribution is 0.333. The Morgan fingerprint density at radius 3 is 2.43 bits per heavy atom. The summed E-state index contributed by atoms with van der Waals surface area (Å²) in [5.74, 6) is 1.04. The molecule has 1 heterocycles. The Hall–Kier alpha value is -1.10. The molecule has 0 unspecified atom stereocenters. The zero-order valence-corrected chi connectivity index (χ0v) is 13.5. The van der Waals surface area contributed by atoms with Crippen LogP contribution in [0.5, 0.6) is 0 Å². The second-order valence-corrected chi connectivity index (χ2v) is 6.79. The smallest absolute Gasteiger partial charge is 0.172 e. The highest BCUT2D eigenvalue weighted by Gasteiger charge is 2.19. The standard InChI is InChI=1S/C16H26N4S/c21-16(18-13-7-3-1-4-8-13)19-15-11-12-17-20(15)14-9-5-2-6-10-14/h11-14H,1-10H2,(H2,18,19,21). The maximum atomic E-state index is 5.48. The first-order chi connectivity index (χ1) is 10.3. The molecule has 1 aromatic rings. The van der Waals surface area contributed by atoms with Gasteiger partial charge in [0.05, 0.1) is 12.2 Å². The van der Waals surface area contributed by atoms with Crippen molar-refractivity contribution in [2.45, 2.75) is 76.3 Å². The van der Waals surface area contributed by atoms with Crippen molar-refractivity contribution in [3.63, 3.8) is 0 Å². The summed E-state index contributed by atoms with van der Waals surface area (Å²) in [5.41, 5.74) is 0. The molecule has 0 bridgehead atoms. The Kier molecular flexibility index (Phi) is 5.12. The van der Waals surface area contributed by atoms with Crippen LogP contribution < -0.4 is 10.6 Å². The Morgan fingerprint density at radius 2 is 1.71 bits per heavy atom. The summed E-state index contributed by atoms with van der Waals surface area (Å²) in [7, 11) is 0.